The summed E-state index contributed by atoms with van der Waals surface area (Å²) in [7, 11) is 0. The second-order valence-corrected chi connectivity index (χ2v) is 10.1. The molecule has 4 nitrogen and oxygen atoms in total. The van der Waals surface area contributed by atoms with Crippen molar-refractivity contribution in [3.8, 4) is 11.1 Å². The zero-order valence-corrected chi connectivity index (χ0v) is 20.5. The van der Waals surface area contributed by atoms with Crippen LogP contribution in [0.5, 0.6) is 0 Å². The Bertz CT molecular complexity index is 1250. The molecule has 0 spiro atoms. The fourth-order valence-corrected chi connectivity index (χ4v) is 4.60. The molecule has 0 unspecified atom stereocenters. The highest BCUT2D eigenvalue weighted by Gasteiger charge is 2.20. The molecule has 33 heavy (non-hydrogen) atoms. The van der Waals surface area contributed by atoms with Crippen molar-refractivity contribution < 1.29 is 9.53 Å². The van der Waals surface area contributed by atoms with Gasteiger partial charge >= 0.3 is 5.97 Å². The van der Waals surface area contributed by atoms with E-state index >= 15 is 0 Å². The highest BCUT2D eigenvalue weighted by molar-refractivity contribution is 7.99. The topological polar surface area (TPSA) is 44.1 Å². The molecule has 0 N–H and O–H groups in total. The fourth-order valence-electron chi connectivity index (χ4n) is 3.73. The lowest BCUT2D eigenvalue weighted by Gasteiger charge is -2.20. The van der Waals surface area contributed by atoms with E-state index in [2.05, 4.69) is 54.0 Å². The Kier molecular flexibility index (Phi) is 6.89. The Hall–Kier alpha value is -3.05. The molecule has 0 atom stereocenters. The lowest BCUT2D eigenvalue weighted by Crippen LogP contribution is -2.24. The van der Waals surface area contributed by atoms with Crippen LogP contribution in [0.25, 0.3) is 22.2 Å². The Labute approximate surface area is 200 Å². The summed E-state index contributed by atoms with van der Waals surface area (Å²) in [6.45, 7) is 8.59. The van der Waals surface area contributed by atoms with Gasteiger partial charge in [0.05, 0.1) is 23.1 Å². The van der Waals surface area contributed by atoms with E-state index in [0.717, 1.165) is 46.0 Å². The summed E-state index contributed by atoms with van der Waals surface area (Å²) in [5, 5.41) is 1.05. The maximum absolute atomic E-state index is 12.7. The largest absolute Gasteiger partial charge is 0.456 e. The highest BCUT2D eigenvalue weighted by atomic mass is 32.2. The Morgan fingerprint density at radius 3 is 2.39 bits per heavy atom. The van der Waals surface area contributed by atoms with E-state index < -0.39 is 5.60 Å². The van der Waals surface area contributed by atoms with Crippen LogP contribution in [0.4, 0.5) is 0 Å². The number of fused-ring (bicyclic) bond motifs is 1. The van der Waals surface area contributed by atoms with Gasteiger partial charge in [-0.15, -0.1) is 0 Å². The quantitative estimate of drug-likeness (QED) is 0.217. The summed E-state index contributed by atoms with van der Waals surface area (Å²) in [6, 6.07) is 24.3. The molecule has 5 heteroatoms. The Balaban J connectivity index is 1.62. The maximum Gasteiger partial charge on any atom is 0.339 e. The first-order valence-corrected chi connectivity index (χ1v) is 12.3. The molecule has 4 aromatic rings. The minimum atomic E-state index is -0.533. The highest BCUT2D eigenvalue weighted by Crippen LogP contribution is 2.28. The molecule has 170 valence electrons. The van der Waals surface area contributed by atoms with Crippen LogP contribution in [0, 0.1) is 0 Å². The van der Waals surface area contributed by atoms with Gasteiger partial charge in [-0.25, -0.2) is 9.78 Å². The summed E-state index contributed by atoms with van der Waals surface area (Å²) >= 11 is 1.80. The van der Waals surface area contributed by atoms with Crippen LogP contribution < -0.4 is 0 Å². The van der Waals surface area contributed by atoms with Gasteiger partial charge in [0.2, 0.25) is 0 Å². The summed E-state index contributed by atoms with van der Waals surface area (Å²) in [4.78, 5) is 17.6. The van der Waals surface area contributed by atoms with Gasteiger partial charge in [-0.3, -0.25) is 0 Å². The minimum Gasteiger partial charge on any atom is -0.456 e. The summed E-state index contributed by atoms with van der Waals surface area (Å²) < 4.78 is 7.91. The number of para-hydroxylation sites is 2. The molecule has 3 aromatic carbocycles. The van der Waals surface area contributed by atoms with E-state index in [-0.39, 0.29) is 5.97 Å². The van der Waals surface area contributed by atoms with Crippen LogP contribution in [-0.2, 0) is 11.3 Å². The van der Waals surface area contributed by atoms with E-state index in [1.54, 1.807) is 11.8 Å². The van der Waals surface area contributed by atoms with Crippen molar-refractivity contribution in [1.29, 1.82) is 0 Å². The van der Waals surface area contributed by atoms with E-state index in [1.165, 1.54) is 5.56 Å². The third kappa shape index (κ3) is 5.48. The number of nitrogens with zero attached hydrogens (tertiary/aromatic N) is 2. The fraction of sp³-hybridized carbons (Fsp3) is 0.286. The first-order valence-electron chi connectivity index (χ1n) is 11.4. The number of carbonyl (C=O) groups excluding carboxylic acids is 1. The van der Waals surface area contributed by atoms with Crippen molar-refractivity contribution in [1.82, 2.24) is 9.55 Å². The predicted molar refractivity (Wildman–Crippen MR) is 137 cm³/mol. The number of hydrogen-bond acceptors (Lipinski definition) is 4. The predicted octanol–water partition coefficient (Wildman–Crippen LogP) is 7.21. The molecular weight excluding hydrogens is 428 g/mol. The van der Waals surface area contributed by atoms with Gasteiger partial charge in [-0.1, -0.05) is 73.3 Å². The molecule has 0 amide bonds. The average Bonchev–Trinajstić information content (AvgIpc) is 3.14. The molecule has 0 bridgehead atoms. The van der Waals surface area contributed by atoms with Crippen molar-refractivity contribution in [3.05, 3.63) is 83.9 Å². The Morgan fingerprint density at radius 1 is 0.970 bits per heavy atom. The van der Waals surface area contributed by atoms with Gasteiger partial charge < -0.3 is 9.30 Å². The number of rotatable bonds is 7. The van der Waals surface area contributed by atoms with Crippen LogP contribution in [0.15, 0.2) is 78.0 Å². The van der Waals surface area contributed by atoms with Gasteiger partial charge in [0.25, 0.3) is 0 Å². The number of ether oxygens (including phenoxy) is 1. The first kappa shape index (κ1) is 23.1. The van der Waals surface area contributed by atoms with Crippen molar-refractivity contribution in [2.75, 3.05) is 5.75 Å². The molecule has 0 aliphatic carbocycles. The number of esters is 1. The molecule has 0 radical (unpaired) electrons. The first-order chi connectivity index (χ1) is 15.9. The summed E-state index contributed by atoms with van der Waals surface area (Å²) in [5.41, 5.74) is 5.29. The zero-order valence-electron chi connectivity index (χ0n) is 19.7. The molecule has 0 fully saturated rings. The molecule has 0 saturated carbocycles. The normalized spacial score (nSPS) is 11.6. The van der Waals surface area contributed by atoms with Crippen molar-refractivity contribution in [2.24, 2.45) is 0 Å². The SMILES string of the molecule is CCCSc1nc2ccccc2n1Cc1ccc(-c2ccccc2C(=O)OC(C)(C)C)cc1. The second kappa shape index (κ2) is 9.84. The van der Waals surface area contributed by atoms with Gasteiger partial charge in [-0.05, 0) is 62.1 Å². The average molecular weight is 459 g/mol. The van der Waals surface area contributed by atoms with Crippen LogP contribution in [0.1, 0.15) is 50.0 Å². The molecular formula is C28H30N2O2S. The van der Waals surface area contributed by atoms with E-state index in [1.807, 2.05) is 51.1 Å². The zero-order chi connectivity index (χ0) is 23.4. The van der Waals surface area contributed by atoms with Crippen LogP contribution in [0.2, 0.25) is 0 Å². The molecule has 1 aromatic heterocycles. The lowest BCUT2D eigenvalue weighted by atomic mass is 9.98. The molecule has 0 aliphatic rings. The van der Waals surface area contributed by atoms with E-state index in [4.69, 9.17) is 9.72 Å². The Morgan fingerprint density at radius 2 is 1.67 bits per heavy atom. The summed E-state index contributed by atoms with van der Waals surface area (Å²) in [6.07, 6.45) is 1.11. The third-order valence-electron chi connectivity index (χ3n) is 5.21. The minimum absolute atomic E-state index is 0.301. The van der Waals surface area contributed by atoms with Crippen molar-refractivity contribution >= 4 is 28.8 Å². The number of imidazole rings is 1. The van der Waals surface area contributed by atoms with Gasteiger partial charge in [0.15, 0.2) is 5.16 Å². The van der Waals surface area contributed by atoms with Crippen LogP contribution >= 0.6 is 11.8 Å². The number of carbonyl (C=O) groups is 1. The van der Waals surface area contributed by atoms with E-state index in [0.29, 0.717) is 5.56 Å². The van der Waals surface area contributed by atoms with E-state index in [9.17, 15) is 4.79 Å². The van der Waals surface area contributed by atoms with Gasteiger partial charge in [-0.2, -0.15) is 0 Å². The van der Waals surface area contributed by atoms with Crippen LogP contribution in [-0.4, -0.2) is 26.9 Å². The number of benzene rings is 3. The van der Waals surface area contributed by atoms with Gasteiger partial charge in [0, 0.05) is 5.75 Å². The van der Waals surface area contributed by atoms with Crippen molar-refractivity contribution in [3.63, 3.8) is 0 Å². The standard InChI is InChI=1S/C28H30N2O2S/c1-5-18-33-27-29-24-12-8-9-13-25(24)30(27)19-20-14-16-21(17-15-20)22-10-6-7-11-23(22)26(31)32-28(2,3)4/h6-17H,5,18-19H2,1-4H3. The molecule has 1 heterocycles. The molecule has 0 aliphatic heterocycles. The van der Waals surface area contributed by atoms with Crippen molar-refractivity contribution in [2.45, 2.75) is 51.4 Å². The number of aromatic nitrogens is 2. The second-order valence-electron chi connectivity index (χ2n) is 9.06. The van der Waals surface area contributed by atoms with Crippen LogP contribution in [0.3, 0.4) is 0 Å². The monoisotopic (exact) mass is 458 g/mol. The molecule has 0 saturated heterocycles. The third-order valence-corrected chi connectivity index (χ3v) is 6.39. The van der Waals surface area contributed by atoms with Gasteiger partial charge in [0.1, 0.15) is 5.60 Å². The number of thioether (sulfide) groups is 1. The smallest absolute Gasteiger partial charge is 0.339 e. The number of hydrogen-bond donors (Lipinski definition) is 0. The maximum atomic E-state index is 12.7. The summed E-state index contributed by atoms with van der Waals surface area (Å²) in [5.74, 6) is 0.744. The molecule has 4 rings (SSSR count). The lowest BCUT2D eigenvalue weighted by molar-refractivity contribution is 0.00704.